The lowest BCUT2D eigenvalue weighted by atomic mass is 10.0. The van der Waals surface area contributed by atoms with Crippen LogP contribution in [-0.4, -0.2) is 27.3 Å². The van der Waals surface area contributed by atoms with Crippen molar-refractivity contribution >= 4 is 43.2 Å². The van der Waals surface area contributed by atoms with Gasteiger partial charge in [0.2, 0.25) is 5.91 Å². The van der Waals surface area contributed by atoms with E-state index in [2.05, 4.69) is 65.1 Å². The maximum atomic E-state index is 12.8. The number of carbonyl (C=O) groups is 2. The molecule has 0 saturated heterocycles. The third-order valence-corrected chi connectivity index (χ3v) is 12.0. The van der Waals surface area contributed by atoms with E-state index in [0.717, 1.165) is 16.7 Å². The highest BCUT2D eigenvalue weighted by Crippen LogP contribution is 2.39. The molecule has 0 heterocycles. The lowest BCUT2D eigenvalue weighted by molar-refractivity contribution is -0.115. The van der Waals surface area contributed by atoms with Crippen molar-refractivity contribution in [2.75, 3.05) is 12.0 Å². The van der Waals surface area contributed by atoms with E-state index in [0.29, 0.717) is 22.8 Å². The van der Waals surface area contributed by atoms with Crippen molar-refractivity contribution in [1.82, 2.24) is 0 Å². The number of hydrogen-bond donors (Lipinski definition) is 0. The summed E-state index contributed by atoms with van der Waals surface area (Å²) in [6, 6.07) is 21.0. The fourth-order valence-electron chi connectivity index (χ4n) is 4.10. The van der Waals surface area contributed by atoms with Crippen LogP contribution in [0.15, 0.2) is 66.7 Å². The standard InChI is InChI=1S/C31H38ClNO4Si/c1-21(37-38(7,8)31(3,4)5)25-14-12-23(13-15-25)18-24-10-9-11-27(19-24)33(22(2)34)29-20-26(32)16-17-28(29)30(35)36-6/h9-17,19-21H,18H2,1-8H3. The summed E-state index contributed by atoms with van der Waals surface area (Å²) in [6.45, 7) is 14.9. The predicted octanol–water partition coefficient (Wildman–Crippen LogP) is 8.48. The van der Waals surface area contributed by atoms with Crippen molar-refractivity contribution in [1.29, 1.82) is 0 Å². The van der Waals surface area contributed by atoms with Crippen molar-refractivity contribution in [2.45, 2.75) is 65.3 Å². The summed E-state index contributed by atoms with van der Waals surface area (Å²) in [4.78, 5) is 26.7. The fourth-order valence-corrected chi connectivity index (χ4v) is 5.64. The largest absolute Gasteiger partial charge is 0.465 e. The number of amides is 1. The molecule has 0 radical (unpaired) electrons. The summed E-state index contributed by atoms with van der Waals surface area (Å²) in [5.41, 5.74) is 4.64. The molecule has 1 amide bonds. The zero-order valence-electron chi connectivity index (χ0n) is 23.6. The number of anilines is 2. The molecule has 0 bridgehead atoms. The van der Waals surface area contributed by atoms with Crippen LogP contribution < -0.4 is 4.90 Å². The van der Waals surface area contributed by atoms with Gasteiger partial charge in [-0.1, -0.05) is 68.8 Å². The second-order valence-electron chi connectivity index (χ2n) is 11.1. The summed E-state index contributed by atoms with van der Waals surface area (Å²) in [7, 11) is -0.556. The minimum absolute atomic E-state index is 0.0269. The van der Waals surface area contributed by atoms with Gasteiger partial charge in [0.1, 0.15) is 0 Å². The average Bonchev–Trinajstić information content (AvgIpc) is 2.83. The van der Waals surface area contributed by atoms with Crippen LogP contribution in [0.1, 0.15) is 67.8 Å². The van der Waals surface area contributed by atoms with Crippen LogP contribution in [0.3, 0.4) is 0 Å². The van der Waals surface area contributed by atoms with Gasteiger partial charge in [-0.2, -0.15) is 0 Å². The smallest absolute Gasteiger partial charge is 0.339 e. The van der Waals surface area contributed by atoms with Gasteiger partial charge in [-0.3, -0.25) is 9.69 Å². The van der Waals surface area contributed by atoms with Crippen LogP contribution in [-0.2, 0) is 20.4 Å². The number of ether oxygens (including phenoxy) is 1. The molecule has 1 unspecified atom stereocenters. The van der Waals surface area contributed by atoms with E-state index in [1.165, 1.54) is 18.9 Å². The molecular formula is C31H38ClNO4Si. The first-order valence-electron chi connectivity index (χ1n) is 12.8. The van der Waals surface area contributed by atoms with E-state index >= 15 is 0 Å². The van der Waals surface area contributed by atoms with Crippen LogP contribution in [0.25, 0.3) is 0 Å². The Labute approximate surface area is 232 Å². The van der Waals surface area contributed by atoms with E-state index < -0.39 is 14.3 Å². The highest BCUT2D eigenvalue weighted by Gasteiger charge is 2.38. The Bertz CT molecular complexity index is 1300. The molecule has 1 atom stereocenters. The molecule has 0 spiro atoms. The molecule has 0 fully saturated rings. The Morgan fingerprint density at radius 2 is 1.63 bits per heavy atom. The second kappa shape index (κ2) is 11.8. The summed E-state index contributed by atoms with van der Waals surface area (Å²) in [5, 5.41) is 0.574. The van der Waals surface area contributed by atoms with Crippen molar-refractivity contribution in [3.8, 4) is 0 Å². The van der Waals surface area contributed by atoms with Crippen LogP contribution in [0.4, 0.5) is 11.4 Å². The van der Waals surface area contributed by atoms with E-state index in [1.54, 1.807) is 18.2 Å². The maximum absolute atomic E-state index is 12.8. The Balaban J connectivity index is 1.85. The Hall–Kier alpha value is -2.93. The minimum Gasteiger partial charge on any atom is -0.465 e. The van der Waals surface area contributed by atoms with Gasteiger partial charge >= 0.3 is 5.97 Å². The maximum Gasteiger partial charge on any atom is 0.339 e. The molecule has 0 aliphatic heterocycles. The zero-order valence-corrected chi connectivity index (χ0v) is 25.3. The Kier molecular flexibility index (Phi) is 9.24. The monoisotopic (exact) mass is 551 g/mol. The van der Waals surface area contributed by atoms with Gasteiger partial charge in [0, 0.05) is 17.6 Å². The zero-order chi connectivity index (χ0) is 28.3. The predicted molar refractivity (Wildman–Crippen MR) is 158 cm³/mol. The van der Waals surface area contributed by atoms with E-state index in [9.17, 15) is 9.59 Å². The topological polar surface area (TPSA) is 55.8 Å². The molecular weight excluding hydrogens is 514 g/mol. The molecule has 0 N–H and O–H groups in total. The lowest BCUT2D eigenvalue weighted by Crippen LogP contribution is -2.41. The normalized spacial score (nSPS) is 12.7. The summed E-state index contributed by atoms with van der Waals surface area (Å²) >= 11 is 6.24. The number of rotatable bonds is 8. The van der Waals surface area contributed by atoms with Crippen LogP contribution in [0.5, 0.6) is 0 Å². The summed E-state index contributed by atoms with van der Waals surface area (Å²) < 4.78 is 11.5. The van der Waals surface area contributed by atoms with Crippen molar-refractivity contribution in [3.63, 3.8) is 0 Å². The van der Waals surface area contributed by atoms with Crippen molar-refractivity contribution in [3.05, 3.63) is 94.0 Å². The lowest BCUT2D eigenvalue weighted by Gasteiger charge is -2.38. The molecule has 0 aromatic heterocycles. The van der Waals surface area contributed by atoms with Gasteiger partial charge in [-0.05, 0) is 78.5 Å². The third-order valence-electron chi connectivity index (χ3n) is 7.22. The van der Waals surface area contributed by atoms with Gasteiger partial charge < -0.3 is 9.16 Å². The van der Waals surface area contributed by atoms with Gasteiger partial charge in [-0.25, -0.2) is 4.79 Å². The third kappa shape index (κ3) is 6.93. The van der Waals surface area contributed by atoms with Gasteiger partial charge in [0.15, 0.2) is 8.32 Å². The number of esters is 1. The van der Waals surface area contributed by atoms with E-state index in [1.807, 2.05) is 24.3 Å². The highest BCUT2D eigenvalue weighted by molar-refractivity contribution is 6.74. The molecule has 3 aromatic rings. The van der Waals surface area contributed by atoms with Crippen LogP contribution in [0.2, 0.25) is 23.2 Å². The van der Waals surface area contributed by atoms with Crippen molar-refractivity contribution in [2.24, 2.45) is 0 Å². The van der Waals surface area contributed by atoms with E-state index in [-0.39, 0.29) is 22.6 Å². The Morgan fingerprint density at radius 3 is 2.21 bits per heavy atom. The fraction of sp³-hybridized carbons (Fsp3) is 0.355. The SMILES string of the molecule is COC(=O)c1ccc(Cl)cc1N(C(C)=O)c1cccc(Cc2ccc(C(C)O[Si](C)(C)C(C)(C)C)cc2)c1. The van der Waals surface area contributed by atoms with Gasteiger partial charge in [0.25, 0.3) is 0 Å². The number of carbonyl (C=O) groups excluding carboxylic acids is 2. The number of hydrogen-bond acceptors (Lipinski definition) is 4. The average molecular weight is 552 g/mol. The minimum atomic E-state index is -1.87. The summed E-state index contributed by atoms with van der Waals surface area (Å²) in [5.74, 6) is -0.777. The first kappa shape index (κ1) is 29.6. The number of benzene rings is 3. The van der Waals surface area contributed by atoms with Crippen LogP contribution in [0, 0.1) is 0 Å². The number of methoxy groups -OCH3 is 1. The summed E-state index contributed by atoms with van der Waals surface area (Å²) in [6.07, 6.45) is 0.718. The Morgan fingerprint density at radius 1 is 0.974 bits per heavy atom. The molecule has 0 aliphatic rings. The van der Waals surface area contributed by atoms with E-state index in [4.69, 9.17) is 20.8 Å². The van der Waals surface area contributed by atoms with Gasteiger partial charge in [-0.15, -0.1) is 0 Å². The van der Waals surface area contributed by atoms with Gasteiger partial charge in [0.05, 0.1) is 24.5 Å². The molecule has 7 heteroatoms. The number of halogens is 1. The molecule has 38 heavy (non-hydrogen) atoms. The molecule has 3 rings (SSSR count). The molecule has 202 valence electrons. The highest BCUT2D eigenvalue weighted by atomic mass is 35.5. The molecule has 3 aromatic carbocycles. The number of nitrogens with zero attached hydrogens (tertiary/aromatic N) is 1. The van der Waals surface area contributed by atoms with Crippen LogP contribution >= 0.6 is 11.6 Å². The molecule has 5 nitrogen and oxygen atoms in total. The first-order chi connectivity index (χ1) is 17.7. The molecule has 0 saturated carbocycles. The first-order valence-corrected chi connectivity index (χ1v) is 16.1. The molecule has 0 aliphatic carbocycles. The van der Waals surface area contributed by atoms with Crippen molar-refractivity contribution < 1.29 is 18.8 Å². The quantitative estimate of drug-likeness (QED) is 0.208. The second-order valence-corrected chi connectivity index (χ2v) is 16.3.